The molecule has 0 aliphatic heterocycles. The van der Waals surface area contributed by atoms with E-state index in [0.717, 1.165) is 6.39 Å². The van der Waals surface area contributed by atoms with Gasteiger partial charge in [0.15, 0.2) is 0 Å². The predicted octanol–water partition coefficient (Wildman–Crippen LogP) is 0.578. The summed E-state index contributed by atoms with van der Waals surface area (Å²) in [5.74, 6) is 0. The van der Waals surface area contributed by atoms with Gasteiger partial charge in [0.2, 0.25) is 0 Å². The minimum atomic E-state index is 0.948. The van der Waals surface area contributed by atoms with Crippen molar-refractivity contribution < 1.29 is 18.7 Å². The zero-order valence-electron chi connectivity index (χ0n) is 2.66. The number of hydrogen-bond donors (Lipinski definition) is 0. The highest BCUT2D eigenvalue weighted by atomic mass is 17.4. The summed E-state index contributed by atoms with van der Waals surface area (Å²) in [6.07, 6.45) is 0.948. The van der Waals surface area contributed by atoms with Crippen LogP contribution in [0.3, 0.4) is 0 Å². The summed E-state index contributed by atoms with van der Waals surface area (Å²) in [7, 11) is 0. The van der Waals surface area contributed by atoms with E-state index in [9.17, 15) is 0 Å². The summed E-state index contributed by atoms with van der Waals surface area (Å²) in [5, 5.41) is 2.98. The molecule has 0 aliphatic rings. The van der Waals surface area contributed by atoms with Crippen molar-refractivity contribution in [2.45, 2.75) is 0 Å². The first-order chi connectivity index (χ1) is 3.00. The molecule has 1 heterocycles. The van der Waals surface area contributed by atoms with E-state index in [4.69, 9.17) is 0 Å². The Hall–Kier alpha value is -1.13. The highest BCUT2D eigenvalue weighted by Gasteiger charge is 1.63. The second-order valence-electron chi connectivity index (χ2n) is 0.518. The van der Waals surface area contributed by atoms with E-state index in [2.05, 4.69) is 23.9 Å². The predicted molar refractivity (Wildman–Crippen MR) is 10.9 cm³/mol. The van der Waals surface area contributed by atoms with Gasteiger partial charge in [-0.3, -0.25) is 0 Å². The molecule has 0 bridgehead atoms. The van der Waals surface area contributed by atoms with Crippen molar-refractivity contribution in [3.8, 4) is 0 Å². The average molecular weight is 91.0 g/mol. The van der Waals surface area contributed by atoms with Gasteiger partial charge >= 0.3 is 0 Å². The summed E-state index contributed by atoms with van der Waals surface area (Å²) in [6, 6.07) is 0. The SMILES string of the molecule is c1noooo1. The summed E-state index contributed by atoms with van der Waals surface area (Å²) in [4.78, 5) is 0. The third-order valence-electron chi connectivity index (χ3n) is 0.227. The van der Waals surface area contributed by atoms with Crippen LogP contribution in [0.5, 0.6) is 0 Å². The molecule has 5 heteroatoms. The van der Waals surface area contributed by atoms with Crippen LogP contribution in [-0.4, -0.2) is 5.16 Å². The van der Waals surface area contributed by atoms with E-state index in [1.807, 2.05) is 0 Å². The Morgan fingerprint density at radius 2 is 2.33 bits per heavy atom. The normalized spacial score (nSPS) is 8.00. The quantitative estimate of drug-likeness (QED) is 0.437. The first kappa shape index (κ1) is 3.08. The Bertz CT molecular complexity index is 79.5. The summed E-state index contributed by atoms with van der Waals surface area (Å²) in [5.41, 5.74) is 0. The summed E-state index contributed by atoms with van der Waals surface area (Å²) < 4.78 is 15.1. The lowest BCUT2D eigenvalue weighted by Gasteiger charge is -1.67. The molecule has 0 saturated carbocycles. The van der Waals surface area contributed by atoms with Crippen molar-refractivity contribution in [2.75, 3.05) is 0 Å². The van der Waals surface area contributed by atoms with Crippen molar-refractivity contribution in [3.63, 3.8) is 0 Å². The van der Waals surface area contributed by atoms with Crippen molar-refractivity contribution in [1.82, 2.24) is 5.16 Å². The molecule has 0 fully saturated rings. The van der Waals surface area contributed by atoms with Gasteiger partial charge < -0.3 is 0 Å². The Balaban J connectivity index is 3.00. The van der Waals surface area contributed by atoms with Crippen LogP contribution in [0.15, 0.2) is 25.1 Å². The molecular weight excluding hydrogens is 90.0 g/mol. The van der Waals surface area contributed by atoms with Gasteiger partial charge in [0, 0.05) is 5.16 Å². The molecule has 5 nitrogen and oxygen atoms in total. The van der Waals surface area contributed by atoms with Crippen LogP contribution >= 0.6 is 0 Å². The molecule has 0 amide bonds. The lowest BCUT2D eigenvalue weighted by atomic mass is 11.6. The third kappa shape index (κ3) is 0.423. The van der Waals surface area contributed by atoms with Crippen molar-refractivity contribution in [3.05, 3.63) is 6.39 Å². The second kappa shape index (κ2) is 1.34. The maximum absolute atomic E-state index is 3.93. The van der Waals surface area contributed by atoms with Crippen LogP contribution in [0.25, 0.3) is 0 Å². The standard InChI is InChI=1S/CHNO4/c1-2-4-6-5-3-1/h1H. The number of aromatic nitrogens is 1. The third-order valence-corrected chi connectivity index (χ3v) is 0.227. The molecule has 0 aromatic carbocycles. The smallest absolute Gasteiger partial charge is 0.233 e. The van der Waals surface area contributed by atoms with Gasteiger partial charge in [-0.25, -0.2) is 4.58 Å². The Kier molecular flexibility index (Phi) is 0.689. The number of nitrogens with zero attached hydrogens (tertiary/aromatic N) is 1. The first-order valence-corrected chi connectivity index (χ1v) is 1.18. The Labute approximate surface area is 31.6 Å². The first-order valence-electron chi connectivity index (χ1n) is 1.18. The van der Waals surface area contributed by atoms with Crippen molar-refractivity contribution in [2.24, 2.45) is 0 Å². The van der Waals surface area contributed by atoms with Crippen LogP contribution in [0.1, 0.15) is 0 Å². The van der Waals surface area contributed by atoms with Gasteiger partial charge in [0.1, 0.15) is 0 Å². The fourth-order valence-electron chi connectivity index (χ4n) is 0.0987. The zero-order valence-corrected chi connectivity index (χ0v) is 2.66. The molecule has 34 valence electrons. The molecule has 0 saturated heterocycles. The minimum absolute atomic E-state index is 0.948. The van der Waals surface area contributed by atoms with Crippen LogP contribution in [0.2, 0.25) is 0 Å². The van der Waals surface area contributed by atoms with E-state index in [1.54, 1.807) is 0 Å². The highest BCUT2D eigenvalue weighted by molar-refractivity contribution is 4.03. The van der Waals surface area contributed by atoms with Crippen LogP contribution < -0.4 is 0 Å². The van der Waals surface area contributed by atoms with E-state index < -0.39 is 0 Å². The monoisotopic (exact) mass is 91.0 g/mol. The van der Waals surface area contributed by atoms with Crippen LogP contribution in [0.4, 0.5) is 0 Å². The van der Waals surface area contributed by atoms with Crippen LogP contribution in [0, 0.1) is 0 Å². The maximum atomic E-state index is 3.93. The Morgan fingerprint density at radius 3 is 2.50 bits per heavy atom. The molecular formula is CHNO4. The van der Waals surface area contributed by atoms with E-state index in [0.29, 0.717) is 0 Å². The van der Waals surface area contributed by atoms with Crippen molar-refractivity contribution in [1.29, 1.82) is 0 Å². The minimum Gasteiger partial charge on any atom is -0.233 e. The van der Waals surface area contributed by atoms with Gasteiger partial charge in [0.25, 0.3) is 6.39 Å². The summed E-state index contributed by atoms with van der Waals surface area (Å²) in [6.45, 7) is 0. The maximum Gasteiger partial charge on any atom is 0.278 e. The largest absolute Gasteiger partial charge is 0.278 e. The van der Waals surface area contributed by atoms with E-state index in [-0.39, 0.29) is 0 Å². The topological polar surface area (TPSA) is 65.5 Å². The van der Waals surface area contributed by atoms with Gasteiger partial charge in [-0.05, 0) is 9.47 Å². The number of hydrogen-bond acceptors (Lipinski definition) is 5. The van der Waals surface area contributed by atoms with Gasteiger partial charge in [-0.1, -0.05) is 0 Å². The fourth-order valence-corrected chi connectivity index (χ4v) is 0.0987. The van der Waals surface area contributed by atoms with Crippen molar-refractivity contribution >= 4 is 0 Å². The molecule has 0 N–H and O–H groups in total. The van der Waals surface area contributed by atoms with Crippen LogP contribution in [-0.2, 0) is 0 Å². The lowest BCUT2D eigenvalue weighted by molar-refractivity contribution is -0.335. The highest BCUT2D eigenvalue weighted by Crippen LogP contribution is 1.73. The molecule has 0 unspecified atom stereocenters. The second-order valence-corrected chi connectivity index (χ2v) is 0.518. The Morgan fingerprint density at radius 1 is 1.33 bits per heavy atom. The van der Waals surface area contributed by atoms with Gasteiger partial charge in [-0.15, -0.1) is 4.68 Å². The molecule has 1 aromatic rings. The fraction of sp³-hybridized carbons (Fsp3) is 0. The number of rotatable bonds is 0. The molecule has 0 atom stereocenters. The van der Waals surface area contributed by atoms with E-state index >= 15 is 0 Å². The molecule has 0 aliphatic carbocycles. The molecule has 0 spiro atoms. The van der Waals surface area contributed by atoms with Gasteiger partial charge in [0.05, 0.1) is 0 Å². The average Bonchev–Trinajstić information content (AvgIpc) is 1.72. The summed E-state index contributed by atoms with van der Waals surface area (Å²) >= 11 is 0. The lowest BCUT2D eigenvalue weighted by Crippen LogP contribution is -1.58. The van der Waals surface area contributed by atoms with Gasteiger partial charge in [-0.2, -0.15) is 0 Å². The van der Waals surface area contributed by atoms with E-state index in [1.165, 1.54) is 0 Å². The molecule has 0 radical (unpaired) electrons. The molecule has 6 heavy (non-hydrogen) atoms. The molecule has 1 rings (SSSR count). The molecule has 1 aromatic heterocycles. The zero-order chi connectivity index (χ0) is 4.24.